The molecule has 0 fully saturated rings. The third-order valence-corrected chi connectivity index (χ3v) is 3.86. The number of halogens is 4. The van der Waals surface area contributed by atoms with Crippen LogP contribution in [0.4, 0.5) is 13.2 Å². The van der Waals surface area contributed by atoms with Crippen LogP contribution in [0.3, 0.4) is 0 Å². The van der Waals surface area contributed by atoms with E-state index in [-0.39, 0.29) is 11.3 Å². The van der Waals surface area contributed by atoms with Gasteiger partial charge in [0.1, 0.15) is 11.3 Å². The van der Waals surface area contributed by atoms with Crippen molar-refractivity contribution in [2.75, 3.05) is 0 Å². The summed E-state index contributed by atoms with van der Waals surface area (Å²) in [5, 5.41) is 0.317. The molecule has 0 radical (unpaired) electrons. The van der Waals surface area contributed by atoms with Crippen molar-refractivity contribution < 1.29 is 22.6 Å². The molecule has 1 aliphatic rings. The molecule has 1 aliphatic heterocycles. The lowest BCUT2D eigenvalue weighted by Crippen LogP contribution is -2.52. The maximum absolute atomic E-state index is 12.4. The molecule has 4 N–H and O–H groups in total. The number of benzene rings is 1. The molecule has 122 valence electrons. The Kier molecular flexibility index (Phi) is 3.62. The summed E-state index contributed by atoms with van der Waals surface area (Å²) in [5.41, 5.74) is 11.5. The number of rotatable bonds is 2. The van der Waals surface area contributed by atoms with E-state index >= 15 is 0 Å². The predicted octanol–water partition coefficient (Wildman–Crippen LogP) is 2.51. The van der Waals surface area contributed by atoms with Gasteiger partial charge in [-0.1, -0.05) is 29.8 Å². The number of hydrogen-bond acceptors (Lipinski definition) is 5. The van der Waals surface area contributed by atoms with E-state index in [2.05, 4.69) is 9.72 Å². The van der Waals surface area contributed by atoms with Crippen LogP contribution in [-0.2, 0) is 5.54 Å². The Labute approximate surface area is 134 Å². The molecule has 5 nitrogen and oxygen atoms in total. The second-order valence-electron chi connectivity index (χ2n) is 4.95. The number of nitrogens with zero attached hydrogens (tertiary/aromatic N) is 1. The fourth-order valence-corrected chi connectivity index (χ4v) is 2.79. The third kappa shape index (κ3) is 2.69. The Bertz CT molecular complexity index is 756. The van der Waals surface area contributed by atoms with Crippen molar-refractivity contribution in [2.24, 2.45) is 11.5 Å². The van der Waals surface area contributed by atoms with Crippen molar-refractivity contribution in [2.45, 2.75) is 18.1 Å². The van der Waals surface area contributed by atoms with Gasteiger partial charge >= 0.3 is 6.36 Å². The summed E-state index contributed by atoms with van der Waals surface area (Å²) < 4.78 is 46.4. The Morgan fingerprint density at radius 3 is 2.61 bits per heavy atom. The molecule has 2 atom stereocenters. The highest BCUT2D eigenvalue weighted by atomic mass is 35.5. The monoisotopic (exact) mass is 345 g/mol. The van der Waals surface area contributed by atoms with Gasteiger partial charge in [-0.05, 0) is 6.07 Å². The lowest BCUT2D eigenvalue weighted by atomic mass is 9.84. The Morgan fingerprint density at radius 1 is 1.26 bits per heavy atom. The van der Waals surface area contributed by atoms with Gasteiger partial charge in [0, 0.05) is 22.2 Å². The van der Waals surface area contributed by atoms with E-state index in [9.17, 15) is 13.2 Å². The van der Waals surface area contributed by atoms with E-state index in [1.807, 2.05) is 0 Å². The van der Waals surface area contributed by atoms with Crippen molar-refractivity contribution in [3.05, 3.63) is 52.7 Å². The molecule has 1 aromatic heterocycles. The van der Waals surface area contributed by atoms with Crippen LogP contribution in [0.1, 0.15) is 11.1 Å². The van der Waals surface area contributed by atoms with Crippen molar-refractivity contribution in [3.8, 4) is 11.6 Å². The molecule has 9 heteroatoms. The Hall–Kier alpha value is -2.03. The first-order valence-electron chi connectivity index (χ1n) is 6.44. The molecule has 0 spiro atoms. The molecular formula is C14H11ClF3N3O2. The highest BCUT2D eigenvalue weighted by Crippen LogP contribution is 2.45. The first kappa shape index (κ1) is 15.9. The minimum absolute atomic E-state index is 0.175. The summed E-state index contributed by atoms with van der Waals surface area (Å²) in [6, 6.07) is 7.67. The summed E-state index contributed by atoms with van der Waals surface area (Å²) in [6.07, 6.45) is -4.83. The zero-order valence-corrected chi connectivity index (χ0v) is 12.2. The van der Waals surface area contributed by atoms with Gasteiger partial charge < -0.3 is 15.2 Å². The van der Waals surface area contributed by atoms with Gasteiger partial charge in [0.25, 0.3) is 0 Å². The van der Waals surface area contributed by atoms with Gasteiger partial charge in [0.05, 0.1) is 6.20 Å². The smallest absolute Gasteiger partial charge is 0.471 e. The lowest BCUT2D eigenvalue weighted by Gasteiger charge is -2.29. The first-order chi connectivity index (χ1) is 10.7. The minimum atomic E-state index is -4.87. The second-order valence-corrected chi connectivity index (χ2v) is 5.36. The number of alkyl halides is 3. The van der Waals surface area contributed by atoms with E-state index < -0.39 is 24.0 Å². The normalized spacial score (nSPS) is 23.3. The molecule has 2 heterocycles. The van der Waals surface area contributed by atoms with Crippen molar-refractivity contribution in [1.29, 1.82) is 0 Å². The van der Waals surface area contributed by atoms with E-state index in [1.165, 1.54) is 0 Å². The van der Waals surface area contributed by atoms with E-state index in [0.29, 0.717) is 10.6 Å². The largest absolute Gasteiger partial charge is 0.574 e. The summed E-state index contributed by atoms with van der Waals surface area (Å²) in [6.45, 7) is 0. The summed E-state index contributed by atoms with van der Waals surface area (Å²) in [7, 11) is 0. The number of fused-ring (bicyclic) bond motifs is 1. The van der Waals surface area contributed by atoms with Crippen molar-refractivity contribution >= 4 is 11.6 Å². The van der Waals surface area contributed by atoms with Crippen LogP contribution in [0.15, 0.2) is 36.5 Å². The van der Waals surface area contributed by atoms with Crippen LogP contribution in [0, 0.1) is 0 Å². The SMILES string of the molecule is NC1Oc2cnc(OC(F)(F)F)cc2C1(N)c1ccccc1Cl. The third-order valence-electron chi connectivity index (χ3n) is 3.53. The van der Waals surface area contributed by atoms with Crippen molar-refractivity contribution in [1.82, 2.24) is 4.98 Å². The zero-order chi connectivity index (χ0) is 16.8. The average Bonchev–Trinajstić information content (AvgIpc) is 2.70. The van der Waals surface area contributed by atoms with Crippen LogP contribution < -0.4 is 20.9 Å². The quantitative estimate of drug-likeness (QED) is 0.873. The van der Waals surface area contributed by atoms with E-state index in [0.717, 1.165) is 12.3 Å². The lowest BCUT2D eigenvalue weighted by molar-refractivity contribution is -0.276. The van der Waals surface area contributed by atoms with Gasteiger partial charge in [-0.2, -0.15) is 0 Å². The maximum atomic E-state index is 12.4. The van der Waals surface area contributed by atoms with Gasteiger partial charge in [-0.25, -0.2) is 4.98 Å². The number of hydrogen-bond donors (Lipinski definition) is 2. The molecule has 0 amide bonds. The van der Waals surface area contributed by atoms with E-state index in [4.69, 9.17) is 27.8 Å². The van der Waals surface area contributed by atoms with Crippen LogP contribution in [0.5, 0.6) is 11.6 Å². The molecule has 0 saturated heterocycles. The van der Waals surface area contributed by atoms with Crippen molar-refractivity contribution in [3.63, 3.8) is 0 Å². The van der Waals surface area contributed by atoms with Gasteiger partial charge in [-0.15, -0.1) is 13.2 Å². The summed E-state index contributed by atoms with van der Waals surface area (Å²) in [4.78, 5) is 3.54. The molecular weight excluding hydrogens is 335 g/mol. The standard InChI is InChI=1S/C14H11ClF3N3O2/c15-9-4-2-1-3-7(9)13(20)8-5-11(23-14(16,17)18)21-6-10(8)22-12(13)19/h1-6,12H,19-20H2. The van der Waals surface area contributed by atoms with Gasteiger partial charge in [-0.3, -0.25) is 5.73 Å². The number of nitrogens with two attached hydrogens (primary N) is 2. The van der Waals surface area contributed by atoms with E-state index in [1.54, 1.807) is 24.3 Å². The molecule has 23 heavy (non-hydrogen) atoms. The van der Waals surface area contributed by atoms with Crippen LogP contribution >= 0.6 is 11.6 Å². The molecule has 2 aromatic rings. The molecule has 0 saturated carbocycles. The predicted molar refractivity (Wildman–Crippen MR) is 75.9 cm³/mol. The zero-order valence-electron chi connectivity index (χ0n) is 11.5. The van der Waals surface area contributed by atoms with Gasteiger partial charge in [0.2, 0.25) is 5.88 Å². The maximum Gasteiger partial charge on any atom is 0.574 e. The van der Waals surface area contributed by atoms with Crippen LogP contribution in [-0.4, -0.2) is 17.6 Å². The average molecular weight is 346 g/mol. The number of aromatic nitrogens is 1. The number of pyridine rings is 1. The highest BCUT2D eigenvalue weighted by molar-refractivity contribution is 6.31. The summed E-state index contributed by atoms with van der Waals surface area (Å²) >= 11 is 6.15. The van der Waals surface area contributed by atoms with Crippen LogP contribution in [0.2, 0.25) is 5.02 Å². The molecule has 2 unspecified atom stereocenters. The molecule has 3 rings (SSSR count). The molecule has 0 aliphatic carbocycles. The first-order valence-corrected chi connectivity index (χ1v) is 6.82. The Morgan fingerprint density at radius 2 is 1.96 bits per heavy atom. The fourth-order valence-electron chi connectivity index (χ4n) is 2.49. The highest BCUT2D eigenvalue weighted by Gasteiger charge is 2.47. The topological polar surface area (TPSA) is 83.4 Å². The minimum Gasteiger partial charge on any atom is -0.471 e. The molecule has 0 bridgehead atoms. The fraction of sp³-hybridized carbons (Fsp3) is 0.214. The number of ether oxygens (including phenoxy) is 2. The van der Waals surface area contributed by atoms with Crippen LogP contribution in [0.25, 0.3) is 0 Å². The Balaban J connectivity index is 2.12. The second kappa shape index (κ2) is 5.26. The van der Waals surface area contributed by atoms with Gasteiger partial charge in [0.15, 0.2) is 6.23 Å². The molecule has 1 aromatic carbocycles. The summed E-state index contributed by atoms with van der Waals surface area (Å²) in [5.74, 6) is -0.481.